The van der Waals surface area contributed by atoms with Gasteiger partial charge in [-0.15, -0.1) is 0 Å². The molecule has 13 heavy (non-hydrogen) atoms. The van der Waals surface area contributed by atoms with Crippen LogP contribution in [-0.2, 0) is 4.84 Å². The van der Waals surface area contributed by atoms with Crippen molar-refractivity contribution in [1.29, 1.82) is 0 Å². The highest BCUT2D eigenvalue weighted by Crippen LogP contribution is 2.07. The smallest absolute Gasteiger partial charge is 0.119 e. The Kier molecular flexibility index (Phi) is 4.98. The molecule has 3 nitrogen and oxygen atoms in total. The van der Waals surface area contributed by atoms with Crippen LogP contribution in [0.25, 0.3) is 0 Å². The van der Waals surface area contributed by atoms with Gasteiger partial charge in [0.25, 0.3) is 0 Å². The molecule has 72 valence electrons. The average molecular weight is 181 g/mol. The van der Waals surface area contributed by atoms with Crippen molar-refractivity contribution >= 4 is 0 Å². The van der Waals surface area contributed by atoms with Crippen molar-refractivity contribution in [2.45, 2.75) is 6.92 Å². The molecule has 0 amide bonds. The van der Waals surface area contributed by atoms with Crippen LogP contribution >= 0.6 is 0 Å². The minimum atomic E-state index is 0.615. The molecule has 1 aromatic carbocycles. The monoisotopic (exact) mass is 181 g/mol. The number of hydrogen-bond donors (Lipinski definition) is 1. The summed E-state index contributed by atoms with van der Waals surface area (Å²) < 4.78 is 5.41. The number of rotatable bonds is 6. The van der Waals surface area contributed by atoms with Gasteiger partial charge in [0.1, 0.15) is 12.4 Å². The second kappa shape index (κ2) is 6.46. The van der Waals surface area contributed by atoms with Crippen LogP contribution in [0.5, 0.6) is 5.75 Å². The molecule has 1 N–H and O–H groups in total. The maximum absolute atomic E-state index is 5.41. The van der Waals surface area contributed by atoms with Crippen LogP contribution < -0.4 is 10.2 Å². The number of ether oxygens (including phenoxy) is 1. The largest absolute Gasteiger partial charge is 0.492 e. The van der Waals surface area contributed by atoms with Crippen LogP contribution in [0.15, 0.2) is 30.3 Å². The topological polar surface area (TPSA) is 30.5 Å². The van der Waals surface area contributed by atoms with Gasteiger partial charge in [0, 0.05) is 0 Å². The standard InChI is InChI=1S/C10H15NO2/c1-2-13-11-8-9-12-10-6-4-3-5-7-10/h3-7,11H,2,8-9H2,1H3. The summed E-state index contributed by atoms with van der Waals surface area (Å²) in [6.45, 7) is 3.92. The minimum Gasteiger partial charge on any atom is -0.492 e. The van der Waals surface area contributed by atoms with Gasteiger partial charge in [-0.2, -0.15) is 5.48 Å². The Morgan fingerprint density at radius 3 is 2.69 bits per heavy atom. The van der Waals surface area contributed by atoms with E-state index in [1.807, 2.05) is 37.3 Å². The summed E-state index contributed by atoms with van der Waals surface area (Å²) in [5.41, 5.74) is 2.78. The first kappa shape index (κ1) is 10.0. The first-order valence-corrected chi connectivity index (χ1v) is 4.46. The molecule has 0 atom stereocenters. The molecule has 0 aromatic heterocycles. The lowest BCUT2D eigenvalue weighted by Gasteiger charge is -2.06. The number of benzene rings is 1. The van der Waals surface area contributed by atoms with Gasteiger partial charge < -0.3 is 9.57 Å². The molecule has 0 aliphatic rings. The Balaban J connectivity index is 2.07. The Morgan fingerprint density at radius 1 is 1.23 bits per heavy atom. The van der Waals surface area contributed by atoms with E-state index in [1.165, 1.54) is 0 Å². The van der Waals surface area contributed by atoms with Gasteiger partial charge in [0.15, 0.2) is 0 Å². The van der Waals surface area contributed by atoms with Gasteiger partial charge in [-0.3, -0.25) is 0 Å². The molecule has 0 unspecified atom stereocenters. The normalized spacial score (nSPS) is 9.92. The number of hydroxylamine groups is 1. The summed E-state index contributed by atoms with van der Waals surface area (Å²) in [5.74, 6) is 0.890. The Bertz CT molecular complexity index is 213. The van der Waals surface area contributed by atoms with Crippen molar-refractivity contribution in [3.05, 3.63) is 30.3 Å². The third-order valence-electron chi connectivity index (χ3n) is 1.46. The van der Waals surface area contributed by atoms with Crippen LogP contribution in [0, 0.1) is 0 Å². The molecule has 0 saturated carbocycles. The minimum absolute atomic E-state index is 0.615. The van der Waals surface area contributed by atoms with Crippen molar-refractivity contribution in [1.82, 2.24) is 5.48 Å². The highest BCUT2D eigenvalue weighted by Gasteiger charge is 1.90. The van der Waals surface area contributed by atoms with E-state index in [0.29, 0.717) is 19.8 Å². The molecule has 0 radical (unpaired) electrons. The molecule has 1 rings (SSSR count). The van der Waals surface area contributed by atoms with E-state index in [2.05, 4.69) is 5.48 Å². The van der Waals surface area contributed by atoms with Crippen LogP contribution in [0.4, 0.5) is 0 Å². The van der Waals surface area contributed by atoms with Crippen LogP contribution in [0.2, 0.25) is 0 Å². The summed E-state index contributed by atoms with van der Waals surface area (Å²) in [7, 11) is 0. The van der Waals surface area contributed by atoms with Crippen LogP contribution in [-0.4, -0.2) is 19.8 Å². The lowest BCUT2D eigenvalue weighted by molar-refractivity contribution is 0.0433. The maximum Gasteiger partial charge on any atom is 0.119 e. The van der Waals surface area contributed by atoms with Gasteiger partial charge in [0.05, 0.1) is 13.2 Å². The van der Waals surface area contributed by atoms with E-state index in [0.717, 1.165) is 5.75 Å². The van der Waals surface area contributed by atoms with Gasteiger partial charge >= 0.3 is 0 Å². The Hall–Kier alpha value is -1.06. The number of para-hydroxylation sites is 1. The fourth-order valence-electron chi connectivity index (χ4n) is 0.901. The molecule has 0 spiro atoms. The lowest BCUT2D eigenvalue weighted by Crippen LogP contribution is -2.21. The van der Waals surface area contributed by atoms with Crippen molar-refractivity contribution in [2.75, 3.05) is 19.8 Å². The second-order valence-corrected chi connectivity index (χ2v) is 2.49. The predicted molar refractivity (Wildman–Crippen MR) is 51.6 cm³/mol. The van der Waals surface area contributed by atoms with Gasteiger partial charge in [-0.1, -0.05) is 18.2 Å². The fraction of sp³-hybridized carbons (Fsp3) is 0.400. The molecule has 3 heteroatoms. The molecule has 0 aliphatic carbocycles. The summed E-state index contributed by atoms with van der Waals surface area (Å²) in [4.78, 5) is 4.94. The summed E-state index contributed by atoms with van der Waals surface area (Å²) in [6.07, 6.45) is 0. The molecule has 0 aliphatic heterocycles. The maximum atomic E-state index is 5.41. The number of hydrogen-bond acceptors (Lipinski definition) is 3. The molecular weight excluding hydrogens is 166 g/mol. The van der Waals surface area contributed by atoms with E-state index in [1.54, 1.807) is 0 Å². The lowest BCUT2D eigenvalue weighted by atomic mass is 10.3. The van der Waals surface area contributed by atoms with Gasteiger partial charge in [-0.25, -0.2) is 0 Å². The zero-order valence-corrected chi connectivity index (χ0v) is 7.82. The van der Waals surface area contributed by atoms with E-state index < -0.39 is 0 Å². The highest BCUT2D eigenvalue weighted by atomic mass is 16.6. The molecular formula is C10H15NO2. The molecule has 0 fully saturated rings. The summed E-state index contributed by atoms with van der Waals surface area (Å²) >= 11 is 0. The molecule has 0 bridgehead atoms. The third kappa shape index (κ3) is 4.50. The SMILES string of the molecule is CCONCCOc1ccccc1. The zero-order chi connectivity index (χ0) is 9.36. The van der Waals surface area contributed by atoms with E-state index in [-0.39, 0.29) is 0 Å². The predicted octanol–water partition coefficient (Wildman–Crippen LogP) is 1.61. The molecule has 1 aromatic rings. The highest BCUT2D eigenvalue weighted by molar-refractivity contribution is 5.20. The molecule has 0 heterocycles. The first-order chi connectivity index (χ1) is 6.43. The first-order valence-electron chi connectivity index (χ1n) is 4.46. The van der Waals surface area contributed by atoms with Crippen molar-refractivity contribution in [3.8, 4) is 5.75 Å². The summed E-state index contributed by atoms with van der Waals surface area (Å²) in [5, 5.41) is 0. The molecule has 0 saturated heterocycles. The van der Waals surface area contributed by atoms with E-state index in [9.17, 15) is 0 Å². The van der Waals surface area contributed by atoms with Crippen LogP contribution in [0.1, 0.15) is 6.92 Å². The van der Waals surface area contributed by atoms with Crippen LogP contribution in [0.3, 0.4) is 0 Å². The quantitative estimate of drug-likeness (QED) is 0.534. The van der Waals surface area contributed by atoms with Crippen molar-refractivity contribution < 1.29 is 9.57 Å². The van der Waals surface area contributed by atoms with E-state index >= 15 is 0 Å². The number of nitrogens with one attached hydrogen (secondary N) is 1. The Morgan fingerprint density at radius 2 is 2.00 bits per heavy atom. The summed E-state index contributed by atoms with van der Waals surface area (Å²) in [6, 6.07) is 9.73. The van der Waals surface area contributed by atoms with E-state index in [4.69, 9.17) is 9.57 Å². The van der Waals surface area contributed by atoms with Gasteiger partial charge in [0.2, 0.25) is 0 Å². The van der Waals surface area contributed by atoms with Crippen molar-refractivity contribution in [3.63, 3.8) is 0 Å². The third-order valence-corrected chi connectivity index (χ3v) is 1.46. The second-order valence-electron chi connectivity index (χ2n) is 2.49. The zero-order valence-electron chi connectivity index (χ0n) is 7.82. The Labute approximate surface area is 78.6 Å². The van der Waals surface area contributed by atoms with Gasteiger partial charge in [-0.05, 0) is 19.1 Å². The fourth-order valence-corrected chi connectivity index (χ4v) is 0.901. The average Bonchev–Trinajstić information content (AvgIpc) is 2.19. The van der Waals surface area contributed by atoms with Crippen molar-refractivity contribution in [2.24, 2.45) is 0 Å².